The number of nitrogens with zero attached hydrogens (tertiary/aromatic N) is 1. The molecule has 0 bridgehead atoms. The Morgan fingerprint density at radius 1 is 1.15 bits per heavy atom. The Hall–Kier alpha value is -2.65. The maximum Gasteiger partial charge on any atom is 0.159 e. The predicted octanol–water partition coefficient (Wildman–Crippen LogP) is 6.63. The van der Waals surface area contributed by atoms with Gasteiger partial charge < -0.3 is 5.32 Å². The van der Waals surface area contributed by atoms with E-state index in [1.54, 1.807) is 13.0 Å². The summed E-state index contributed by atoms with van der Waals surface area (Å²) in [5, 5.41) is 4.09. The molecule has 0 aliphatic heterocycles. The van der Waals surface area contributed by atoms with Crippen molar-refractivity contribution in [2.45, 2.75) is 27.2 Å². The number of aliphatic imine (C=N–C) groups is 1. The van der Waals surface area contributed by atoms with Crippen LogP contribution < -0.4 is 5.32 Å². The lowest BCUT2D eigenvalue weighted by Crippen LogP contribution is -2.20. The third kappa shape index (κ3) is 5.93. The van der Waals surface area contributed by atoms with E-state index in [0.29, 0.717) is 10.6 Å². The van der Waals surface area contributed by atoms with Gasteiger partial charge >= 0.3 is 0 Å². The van der Waals surface area contributed by atoms with E-state index in [4.69, 9.17) is 16.6 Å². The number of carbonyl (C=O) groups is 1. The van der Waals surface area contributed by atoms with Crippen LogP contribution in [0, 0.1) is 5.92 Å². The molecule has 0 aromatic heterocycles. The third-order valence-corrected chi connectivity index (χ3v) is 4.55. The van der Waals surface area contributed by atoms with Gasteiger partial charge in [0, 0.05) is 27.8 Å². The lowest BCUT2D eigenvalue weighted by molar-refractivity contribution is 0.101. The molecule has 0 amide bonds. The number of Topliss-reactive ketones (excluding diaryl/α,β-unsaturated/α-hetero) is 1. The topological polar surface area (TPSA) is 41.5 Å². The summed E-state index contributed by atoms with van der Waals surface area (Å²) in [6, 6.07) is 15.0. The van der Waals surface area contributed by atoms with E-state index in [1.165, 1.54) is 0 Å². The van der Waals surface area contributed by atoms with Crippen LogP contribution in [0.15, 0.2) is 72.3 Å². The van der Waals surface area contributed by atoms with Gasteiger partial charge in [0.2, 0.25) is 0 Å². The molecule has 0 aliphatic rings. The van der Waals surface area contributed by atoms with Gasteiger partial charge in [-0.3, -0.25) is 4.79 Å². The maximum absolute atomic E-state index is 11.5. The zero-order valence-electron chi connectivity index (χ0n) is 16.0. The van der Waals surface area contributed by atoms with E-state index in [0.717, 1.165) is 29.2 Å². The molecule has 1 atom stereocenters. The fraction of sp³-hybridized carbons (Fsp3) is 0.217. The minimum absolute atomic E-state index is 0.0521. The Morgan fingerprint density at radius 3 is 2.26 bits per heavy atom. The monoisotopic (exact) mass is 380 g/mol. The molecule has 1 N–H and O–H groups in total. The van der Waals surface area contributed by atoms with Gasteiger partial charge in [-0.1, -0.05) is 50.2 Å². The molecule has 27 heavy (non-hydrogen) atoms. The number of hydrogen-bond acceptors (Lipinski definition) is 2. The zero-order valence-corrected chi connectivity index (χ0v) is 16.8. The summed E-state index contributed by atoms with van der Waals surface area (Å²) in [5.74, 6) is 1.14. The Morgan fingerprint density at radius 2 is 1.74 bits per heavy atom. The molecular weight excluding hydrogens is 356 g/mol. The molecule has 3 nitrogen and oxygen atoms in total. The smallest absolute Gasteiger partial charge is 0.159 e. The second kappa shape index (κ2) is 9.89. The van der Waals surface area contributed by atoms with Gasteiger partial charge in [-0.05, 0) is 55.8 Å². The molecule has 2 rings (SSSR count). The Kier molecular flexibility index (Phi) is 7.56. The number of carbonyl (C=O) groups excluding carboxylic acids is 1. The van der Waals surface area contributed by atoms with E-state index >= 15 is 0 Å². The van der Waals surface area contributed by atoms with Crippen molar-refractivity contribution in [2.24, 2.45) is 10.9 Å². The highest BCUT2D eigenvalue weighted by Gasteiger charge is 2.11. The van der Waals surface area contributed by atoms with Crippen molar-refractivity contribution in [1.29, 1.82) is 0 Å². The van der Waals surface area contributed by atoms with Crippen LogP contribution in [-0.2, 0) is 0 Å². The molecule has 2 aromatic carbocycles. The van der Waals surface area contributed by atoms with Crippen molar-refractivity contribution in [3.63, 3.8) is 0 Å². The summed E-state index contributed by atoms with van der Waals surface area (Å²) >= 11 is 6.00. The Balaban J connectivity index is 2.37. The number of rotatable bonds is 7. The van der Waals surface area contributed by atoms with Gasteiger partial charge in [-0.2, -0.15) is 0 Å². The molecule has 0 heterocycles. The number of allylic oxidation sites excluding steroid dienone is 2. The fourth-order valence-corrected chi connectivity index (χ4v) is 2.58. The Bertz CT molecular complexity index is 849. The van der Waals surface area contributed by atoms with Gasteiger partial charge in [0.25, 0.3) is 0 Å². The molecule has 1 unspecified atom stereocenters. The molecule has 0 radical (unpaired) electrons. The minimum atomic E-state index is 0.0521. The number of hydrogen-bond donors (Lipinski definition) is 1. The highest BCUT2D eigenvalue weighted by Crippen LogP contribution is 2.22. The van der Waals surface area contributed by atoms with Crippen LogP contribution in [0.25, 0.3) is 5.70 Å². The largest absolute Gasteiger partial charge is 0.344 e. The van der Waals surface area contributed by atoms with Crippen molar-refractivity contribution in [2.75, 3.05) is 5.32 Å². The summed E-state index contributed by atoms with van der Waals surface area (Å²) in [6.45, 7) is 9.62. The first-order chi connectivity index (χ1) is 12.9. The molecule has 0 fully saturated rings. The van der Waals surface area contributed by atoms with Crippen LogP contribution in [0.4, 0.5) is 5.69 Å². The van der Waals surface area contributed by atoms with Crippen LogP contribution in [0.1, 0.15) is 43.1 Å². The molecule has 140 valence electrons. The second-order valence-corrected chi connectivity index (χ2v) is 6.80. The van der Waals surface area contributed by atoms with Crippen LogP contribution in [0.5, 0.6) is 0 Å². The van der Waals surface area contributed by atoms with Crippen molar-refractivity contribution in [3.05, 3.63) is 83.4 Å². The minimum Gasteiger partial charge on any atom is -0.344 e. The summed E-state index contributed by atoms with van der Waals surface area (Å²) in [4.78, 5) is 16.3. The molecule has 0 saturated carbocycles. The second-order valence-electron chi connectivity index (χ2n) is 6.36. The van der Waals surface area contributed by atoms with Crippen LogP contribution in [0.3, 0.4) is 0 Å². The number of benzene rings is 2. The number of halogens is 1. The summed E-state index contributed by atoms with van der Waals surface area (Å²) in [6.07, 6.45) is 4.55. The standard InChI is InChI=1S/C23H25ClN2O/c1-5-7-22(19-8-12-20(24)13-9-19)26-23(16(3)6-2)25-21-14-10-18(11-15-21)17(4)27/h5,7-16H,1,6H2,2-4H3,(H,25,26)/b22-7-. The van der Waals surface area contributed by atoms with E-state index in [2.05, 4.69) is 25.7 Å². The number of ketones is 1. The van der Waals surface area contributed by atoms with Crippen LogP contribution in [0.2, 0.25) is 5.02 Å². The highest BCUT2D eigenvalue weighted by molar-refractivity contribution is 6.30. The Labute approximate surface area is 166 Å². The first kappa shape index (κ1) is 20.7. The summed E-state index contributed by atoms with van der Waals surface area (Å²) in [7, 11) is 0. The first-order valence-corrected chi connectivity index (χ1v) is 9.37. The van der Waals surface area contributed by atoms with Crippen molar-refractivity contribution >= 4 is 34.6 Å². The zero-order chi connectivity index (χ0) is 19.8. The predicted molar refractivity (Wildman–Crippen MR) is 117 cm³/mol. The summed E-state index contributed by atoms with van der Waals surface area (Å²) < 4.78 is 0. The van der Waals surface area contributed by atoms with Crippen molar-refractivity contribution in [1.82, 2.24) is 0 Å². The van der Waals surface area contributed by atoms with Crippen molar-refractivity contribution in [3.8, 4) is 0 Å². The van der Waals surface area contributed by atoms with E-state index in [9.17, 15) is 4.79 Å². The molecule has 0 aliphatic carbocycles. The van der Waals surface area contributed by atoms with Crippen molar-refractivity contribution < 1.29 is 4.79 Å². The third-order valence-electron chi connectivity index (χ3n) is 4.30. The first-order valence-electron chi connectivity index (χ1n) is 8.99. The average Bonchev–Trinajstić information content (AvgIpc) is 2.67. The quantitative estimate of drug-likeness (QED) is 0.253. The van der Waals surface area contributed by atoms with Gasteiger partial charge in [0.15, 0.2) is 5.78 Å². The maximum atomic E-state index is 11.5. The lowest BCUT2D eigenvalue weighted by Gasteiger charge is -2.17. The van der Waals surface area contributed by atoms with Gasteiger partial charge in [0.1, 0.15) is 5.84 Å². The molecular formula is C23H25ClN2O. The molecule has 0 saturated heterocycles. The fourth-order valence-electron chi connectivity index (χ4n) is 2.45. The number of amidine groups is 1. The van der Waals surface area contributed by atoms with E-state index in [-0.39, 0.29) is 11.7 Å². The van der Waals surface area contributed by atoms with E-state index in [1.807, 2.05) is 54.6 Å². The summed E-state index contributed by atoms with van der Waals surface area (Å²) in [5.41, 5.74) is 3.36. The van der Waals surface area contributed by atoms with Gasteiger partial charge in [-0.15, -0.1) is 0 Å². The number of nitrogens with one attached hydrogen (secondary N) is 1. The highest BCUT2D eigenvalue weighted by atomic mass is 35.5. The molecule has 0 spiro atoms. The SMILES string of the molecule is C=C/C=C(\N=C(Nc1ccc(C(C)=O)cc1)C(C)CC)c1ccc(Cl)cc1. The lowest BCUT2D eigenvalue weighted by atomic mass is 10.1. The molecule has 2 aromatic rings. The van der Waals surface area contributed by atoms with Crippen LogP contribution in [-0.4, -0.2) is 11.6 Å². The van der Waals surface area contributed by atoms with Crippen LogP contribution >= 0.6 is 11.6 Å². The number of anilines is 1. The van der Waals surface area contributed by atoms with Gasteiger partial charge in [-0.25, -0.2) is 4.99 Å². The van der Waals surface area contributed by atoms with Gasteiger partial charge in [0.05, 0.1) is 5.70 Å². The normalized spacial score (nSPS) is 13.2. The molecule has 4 heteroatoms. The average molecular weight is 381 g/mol. The van der Waals surface area contributed by atoms with E-state index < -0.39 is 0 Å².